The molecule has 0 aliphatic carbocycles. The van der Waals surface area contributed by atoms with Crippen molar-refractivity contribution < 1.29 is 4.21 Å². The van der Waals surface area contributed by atoms with Crippen LogP contribution in [0.25, 0.3) is 0 Å². The molecule has 5 nitrogen and oxygen atoms in total. The van der Waals surface area contributed by atoms with E-state index >= 15 is 0 Å². The van der Waals surface area contributed by atoms with Crippen molar-refractivity contribution in [3.05, 3.63) is 11.2 Å². The van der Waals surface area contributed by atoms with E-state index in [0.717, 1.165) is 13.0 Å². The van der Waals surface area contributed by atoms with Gasteiger partial charge in [0.15, 0.2) is 0 Å². The van der Waals surface area contributed by atoms with Crippen molar-refractivity contribution in [1.29, 1.82) is 0 Å². The van der Waals surface area contributed by atoms with E-state index in [1.54, 1.807) is 12.5 Å². The molecule has 1 aromatic rings. The highest BCUT2D eigenvalue weighted by Crippen LogP contribution is 2.19. The number of hydrogen-bond donors (Lipinski definition) is 2. The summed E-state index contributed by atoms with van der Waals surface area (Å²) in [6, 6.07) is 0. The molecule has 2 N–H and O–H groups in total. The van der Waals surface area contributed by atoms with Crippen LogP contribution in [0.1, 0.15) is 20.3 Å². The van der Waals surface area contributed by atoms with Gasteiger partial charge in [-0.05, 0) is 13.3 Å². The maximum absolute atomic E-state index is 11.2. The Kier molecular flexibility index (Phi) is 6.35. The number of hydrogen-bond acceptors (Lipinski definition) is 5. The van der Waals surface area contributed by atoms with E-state index in [1.807, 2.05) is 13.8 Å². The van der Waals surface area contributed by atoms with Crippen LogP contribution in [0, 0.1) is 0 Å². The van der Waals surface area contributed by atoms with Crippen LogP contribution in [0.2, 0.25) is 5.02 Å². The van der Waals surface area contributed by atoms with Crippen LogP contribution in [0.4, 0.5) is 11.8 Å². The first-order chi connectivity index (χ1) is 8.54. The zero-order valence-electron chi connectivity index (χ0n) is 10.9. The van der Waals surface area contributed by atoms with Gasteiger partial charge in [0.2, 0.25) is 5.95 Å². The monoisotopic (exact) mass is 290 g/mol. The smallest absolute Gasteiger partial charge is 0.224 e. The number of aromatic nitrogens is 2. The lowest BCUT2D eigenvalue weighted by atomic mass is 10.3. The standard InChI is InChI=1S/C11H19ClN4OS/c1-4-13-11-15-7-9(12)10(16-11)14-6-5-8(2)18(3)17/h7-8H,4-6H2,1-3H3,(H2,13,14,15,16). The molecular weight excluding hydrogens is 272 g/mol. The molecule has 0 saturated carbocycles. The zero-order chi connectivity index (χ0) is 13.5. The summed E-state index contributed by atoms with van der Waals surface area (Å²) in [5.41, 5.74) is 0. The van der Waals surface area contributed by atoms with Gasteiger partial charge in [-0.25, -0.2) is 4.98 Å². The van der Waals surface area contributed by atoms with Crippen molar-refractivity contribution in [1.82, 2.24) is 9.97 Å². The molecule has 1 rings (SSSR count). The van der Waals surface area contributed by atoms with Gasteiger partial charge in [-0.1, -0.05) is 18.5 Å². The van der Waals surface area contributed by atoms with Gasteiger partial charge in [0, 0.05) is 35.4 Å². The third-order valence-corrected chi connectivity index (χ3v) is 4.13. The van der Waals surface area contributed by atoms with E-state index < -0.39 is 10.8 Å². The van der Waals surface area contributed by atoms with Crippen molar-refractivity contribution in [3.8, 4) is 0 Å². The summed E-state index contributed by atoms with van der Waals surface area (Å²) in [4.78, 5) is 8.32. The quantitative estimate of drug-likeness (QED) is 0.805. The molecule has 102 valence electrons. The number of halogens is 1. The van der Waals surface area contributed by atoms with Crippen LogP contribution in [-0.2, 0) is 10.8 Å². The SMILES string of the molecule is CCNc1ncc(Cl)c(NCCC(C)S(C)=O)n1. The molecule has 1 heterocycles. The molecule has 0 fully saturated rings. The van der Waals surface area contributed by atoms with Crippen LogP contribution in [0.5, 0.6) is 0 Å². The molecule has 1 aromatic heterocycles. The highest BCUT2D eigenvalue weighted by Gasteiger charge is 2.08. The number of rotatable bonds is 7. The van der Waals surface area contributed by atoms with Gasteiger partial charge in [-0.15, -0.1) is 0 Å². The highest BCUT2D eigenvalue weighted by atomic mass is 35.5. The van der Waals surface area contributed by atoms with Gasteiger partial charge in [-0.3, -0.25) is 4.21 Å². The Balaban J connectivity index is 2.55. The van der Waals surface area contributed by atoms with Crippen molar-refractivity contribution in [2.24, 2.45) is 0 Å². The largest absolute Gasteiger partial charge is 0.369 e. The van der Waals surface area contributed by atoms with Crippen LogP contribution < -0.4 is 10.6 Å². The second-order valence-corrected chi connectivity index (χ2v) is 6.15. The molecule has 0 bridgehead atoms. The van der Waals surface area contributed by atoms with Crippen LogP contribution in [-0.4, -0.2) is 38.8 Å². The number of anilines is 2. The predicted octanol–water partition coefficient (Wildman–Crippen LogP) is 2.13. The number of nitrogens with zero attached hydrogens (tertiary/aromatic N) is 2. The maximum Gasteiger partial charge on any atom is 0.224 e. The van der Waals surface area contributed by atoms with Gasteiger partial charge >= 0.3 is 0 Å². The van der Waals surface area contributed by atoms with Gasteiger partial charge in [0.1, 0.15) is 10.8 Å². The third kappa shape index (κ3) is 4.78. The topological polar surface area (TPSA) is 66.9 Å². The predicted molar refractivity (Wildman–Crippen MR) is 77.8 cm³/mol. The Bertz CT molecular complexity index is 416. The second kappa shape index (κ2) is 7.53. The van der Waals surface area contributed by atoms with E-state index in [9.17, 15) is 4.21 Å². The lowest BCUT2D eigenvalue weighted by molar-refractivity contribution is 0.672. The van der Waals surface area contributed by atoms with Gasteiger partial charge in [-0.2, -0.15) is 4.98 Å². The molecule has 2 atom stereocenters. The second-order valence-electron chi connectivity index (χ2n) is 3.95. The Hall–Kier alpha value is -0.880. The fourth-order valence-electron chi connectivity index (χ4n) is 1.29. The van der Waals surface area contributed by atoms with E-state index in [-0.39, 0.29) is 5.25 Å². The third-order valence-electron chi connectivity index (χ3n) is 2.49. The first-order valence-corrected chi connectivity index (χ1v) is 7.87. The fourth-order valence-corrected chi connectivity index (χ4v) is 1.90. The molecule has 0 aliphatic heterocycles. The Morgan fingerprint density at radius 2 is 2.22 bits per heavy atom. The summed E-state index contributed by atoms with van der Waals surface area (Å²) >= 11 is 6.00. The molecule has 0 aliphatic rings. The molecule has 0 saturated heterocycles. The minimum absolute atomic E-state index is 0.159. The molecule has 0 radical (unpaired) electrons. The van der Waals surface area contributed by atoms with Gasteiger partial charge < -0.3 is 10.6 Å². The zero-order valence-corrected chi connectivity index (χ0v) is 12.4. The first kappa shape index (κ1) is 15.2. The summed E-state index contributed by atoms with van der Waals surface area (Å²) in [5.74, 6) is 1.16. The average molecular weight is 291 g/mol. The molecule has 0 spiro atoms. The van der Waals surface area contributed by atoms with Crippen molar-refractivity contribution in [2.75, 3.05) is 30.0 Å². The maximum atomic E-state index is 11.2. The lowest BCUT2D eigenvalue weighted by Gasteiger charge is -2.11. The minimum Gasteiger partial charge on any atom is -0.369 e. The van der Waals surface area contributed by atoms with Crippen LogP contribution in [0.3, 0.4) is 0 Å². The lowest BCUT2D eigenvalue weighted by Crippen LogP contribution is -2.16. The summed E-state index contributed by atoms with van der Waals surface area (Å²) in [5, 5.41) is 6.81. The summed E-state index contributed by atoms with van der Waals surface area (Å²) < 4.78 is 11.2. The van der Waals surface area contributed by atoms with Crippen LogP contribution >= 0.6 is 11.6 Å². The van der Waals surface area contributed by atoms with E-state index in [1.165, 1.54) is 0 Å². The van der Waals surface area contributed by atoms with E-state index in [0.29, 0.717) is 23.3 Å². The summed E-state index contributed by atoms with van der Waals surface area (Å²) in [7, 11) is -0.799. The summed E-state index contributed by atoms with van der Waals surface area (Å²) in [6.07, 6.45) is 4.09. The Labute approximate surface area is 115 Å². The molecule has 7 heteroatoms. The fraction of sp³-hybridized carbons (Fsp3) is 0.636. The molecule has 2 unspecified atom stereocenters. The molecular formula is C11H19ClN4OS. The van der Waals surface area contributed by atoms with Crippen molar-refractivity contribution in [3.63, 3.8) is 0 Å². The first-order valence-electron chi connectivity index (χ1n) is 5.87. The Morgan fingerprint density at radius 1 is 1.50 bits per heavy atom. The molecule has 0 aromatic carbocycles. The highest BCUT2D eigenvalue weighted by molar-refractivity contribution is 7.84. The van der Waals surface area contributed by atoms with Gasteiger partial charge in [0.05, 0.1) is 6.20 Å². The van der Waals surface area contributed by atoms with Crippen molar-refractivity contribution in [2.45, 2.75) is 25.5 Å². The van der Waals surface area contributed by atoms with Gasteiger partial charge in [0.25, 0.3) is 0 Å². The Morgan fingerprint density at radius 3 is 2.83 bits per heavy atom. The van der Waals surface area contributed by atoms with E-state index in [4.69, 9.17) is 11.6 Å². The average Bonchev–Trinajstić information content (AvgIpc) is 2.33. The number of nitrogens with one attached hydrogen (secondary N) is 2. The molecule has 18 heavy (non-hydrogen) atoms. The van der Waals surface area contributed by atoms with E-state index in [2.05, 4.69) is 20.6 Å². The normalized spacial score (nSPS) is 14.0. The minimum atomic E-state index is -0.799. The van der Waals surface area contributed by atoms with Crippen molar-refractivity contribution >= 4 is 34.2 Å². The molecule has 0 amide bonds. The summed E-state index contributed by atoms with van der Waals surface area (Å²) in [6.45, 7) is 5.38. The van der Waals surface area contributed by atoms with Crippen LogP contribution in [0.15, 0.2) is 6.20 Å².